The van der Waals surface area contributed by atoms with Crippen LogP contribution in [0.15, 0.2) is 28.7 Å². The summed E-state index contributed by atoms with van der Waals surface area (Å²) in [7, 11) is -3.00. The van der Waals surface area contributed by atoms with Gasteiger partial charge in [-0.3, -0.25) is 0 Å². The molecule has 0 fully saturated rings. The van der Waals surface area contributed by atoms with Crippen LogP contribution in [0.2, 0.25) is 0 Å². The quantitative estimate of drug-likeness (QED) is 0.594. The molecule has 0 aliphatic carbocycles. The number of halogens is 1. The maximum atomic E-state index is 11.0. The third kappa shape index (κ3) is 6.21. The van der Waals surface area contributed by atoms with Crippen molar-refractivity contribution in [2.75, 3.05) is 18.6 Å². The molecular weight excluding hydrogens is 348 g/mol. The van der Waals surface area contributed by atoms with E-state index in [2.05, 4.69) is 15.9 Å². The zero-order chi connectivity index (χ0) is 15.2. The Labute approximate surface area is 126 Å². The van der Waals surface area contributed by atoms with Crippen molar-refractivity contribution in [2.45, 2.75) is 6.42 Å². The summed E-state index contributed by atoms with van der Waals surface area (Å²) in [4.78, 5) is 10.5. The number of carboxylic acids is 1. The highest BCUT2D eigenvalue weighted by atomic mass is 79.9. The first kappa shape index (κ1) is 16.7. The van der Waals surface area contributed by atoms with E-state index in [0.717, 1.165) is 6.08 Å². The number of aliphatic carboxylic acids is 1. The molecule has 0 aromatic heterocycles. The summed E-state index contributed by atoms with van der Waals surface area (Å²) >= 11 is 3.32. The van der Waals surface area contributed by atoms with E-state index in [-0.39, 0.29) is 12.4 Å². The molecule has 0 amide bonds. The van der Waals surface area contributed by atoms with Crippen LogP contribution < -0.4 is 4.74 Å². The van der Waals surface area contributed by atoms with Gasteiger partial charge >= 0.3 is 5.97 Å². The molecule has 0 atom stereocenters. The Morgan fingerprint density at radius 1 is 1.45 bits per heavy atom. The van der Waals surface area contributed by atoms with Gasteiger partial charge in [-0.15, -0.1) is 0 Å². The second-order valence-corrected chi connectivity index (χ2v) is 7.28. The van der Waals surface area contributed by atoms with Gasteiger partial charge < -0.3 is 9.84 Å². The lowest BCUT2D eigenvalue weighted by molar-refractivity contribution is -0.131. The average Bonchev–Trinajstić information content (AvgIpc) is 2.32. The van der Waals surface area contributed by atoms with Crippen molar-refractivity contribution in [1.82, 2.24) is 0 Å². The van der Waals surface area contributed by atoms with E-state index in [9.17, 15) is 13.2 Å². The zero-order valence-electron chi connectivity index (χ0n) is 10.9. The number of benzene rings is 1. The largest absolute Gasteiger partial charge is 0.492 e. The van der Waals surface area contributed by atoms with Crippen LogP contribution in [-0.4, -0.2) is 38.1 Å². The summed E-state index contributed by atoms with van der Waals surface area (Å²) in [6.07, 6.45) is 4.00. The first-order valence-electron chi connectivity index (χ1n) is 5.79. The topological polar surface area (TPSA) is 80.7 Å². The molecule has 1 aromatic rings. The fourth-order valence-electron chi connectivity index (χ4n) is 1.47. The van der Waals surface area contributed by atoms with E-state index in [1.54, 1.807) is 18.2 Å². The summed E-state index contributed by atoms with van der Waals surface area (Å²) in [6.45, 7) is 0.240. The molecule has 7 heteroatoms. The minimum atomic E-state index is -3.00. The van der Waals surface area contributed by atoms with Crippen LogP contribution in [0.4, 0.5) is 0 Å². The highest BCUT2D eigenvalue weighted by Crippen LogP contribution is 2.30. The Balaban J connectivity index is 2.75. The van der Waals surface area contributed by atoms with Gasteiger partial charge in [0.2, 0.25) is 0 Å². The minimum Gasteiger partial charge on any atom is -0.492 e. The second kappa shape index (κ2) is 7.44. The molecule has 0 heterocycles. The number of sulfone groups is 1. The lowest BCUT2D eigenvalue weighted by Gasteiger charge is -2.11. The Morgan fingerprint density at radius 2 is 2.15 bits per heavy atom. The normalized spacial score (nSPS) is 11.7. The van der Waals surface area contributed by atoms with Crippen molar-refractivity contribution >= 4 is 37.8 Å². The van der Waals surface area contributed by atoms with Gasteiger partial charge in [-0.05, 0) is 34.5 Å². The molecule has 5 nitrogen and oxygen atoms in total. The van der Waals surface area contributed by atoms with Crippen LogP contribution in [0.5, 0.6) is 5.75 Å². The minimum absolute atomic E-state index is 0.0533. The third-order valence-electron chi connectivity index (χ3n) is 2.31. The molecule has 0 spiro atoms. The predicted octanol–water partition coefficient (Wildman–Crippen LogP) is 2.36. The van der Waals surface area contributed by atoms with Gasteiger partial charge in [0.15, 0.2) is 0 Å². The Bertz CT molecular complexity index is 607. The molecule has 0 aliphatic rings. The number of ether oxygens (including phenoxy) is 1. The maximum Gasteiger partial charge on any atom is 0.328 e. The summed E-state index contributed by atoms with van der Waals surface area (Å²) in [5, 5.41) is 8.63. The molecule has 0 unspecified atom stereocenters. The van der Waals surface area contributed by atoms with Gasteiger partial charge in [0.1, 0.15) is 15.6 Å². The molecular formula is C13H15BrO5S. The van der Waals surface area contributed by atoms with E-state index in [0.29, 0.717) is 22.2 Å². The Morgan fingerprint density at radius 3 is 2.75 bits per heavy atom. The van der Waals surface area contributed by atoms with E-state index >= 15 is 0 Å². The van der Waals surface area contributed by atoms with Crippen LogP contribution in [0.1, 0.15) is 12.0 Å². The molecule has 1 N–H and O–H groups in total. The van der Waals surface area contributed by atoms with Gasteiger partial charge in [0.25, 0.3) is 0 Å². The molecule has 0 bridgehead atoms. The maximum absolute atomic E-state index is 11.0. The van der Waals surface area contributed by atoms with Crippen molar-refractivity contribution < 1.29 is 23.1 Å². The number of hydrogen-bond donors (Lipinski definition) is 1. The van der Waals surface area contributed by atoms with Crippen molar-refractivity contribution in [3.8, 4) is 5.75 Å². The van der Waals surface area contributed by atoms with Crippen LogP contribution in [0.25, 0.3) is 6.08 Å². The first-order valence-corrected chi connectivity index (χ1v) is 8.65. The predicted molar refractivity (Wildman–Crippen MR) is 80.6 cm³/mol. The van der Waals surface area contributed by atoms with Crippen molar-refractivity contribution in [1.29, 1.82) is 0 Å². The van der Waals surface area contributed by atoms with E-state index in [1.807, 2.05) is 0 Å². The van der Waals surface area contributed by atoms with Gasteiger partial charge in [0, 0.05) is 17.9 Å². The van der Waals surface area contributed by atoms with Gasteiger partial charge in [-0.1, -0.05) is 12.1 Å². The molecule has 0 aliphatic heterocycles. The summed E-state index contributed by atoms with van der Waals surface area (Å²) < 4.78 is 28.3. The lowest BCUT2D eigenvalue weighted by Crippen LogP contribution is -2.08. The molecule has 110 valence electrons. The molecule has 1 aromatic carbocycles. The smallest absolute Gasteiger partial charge is 0.328 e. The number of para-hydroxylation sites is 1. The van der Waals surface area contributed by atoms with Crippen molar-refractivity contribution in [3.63, 3.8) is 0 Å². The van der Waals surface area contributed by atoms with Gasteiger partial charge in [-0.25, -0.2) is 13.2 Å². The average molecular weight is 363 g/mol. The number of carbonyl (C=O) groups is 1. The van der Waals surface area contributed by atoms with Crippen LogP contribution in [0.3, 0.4) is 0 Å². The molecule has 20 heavy (non-hydrogen) atoms. The fourth-order valence-corrected chi connectivity index (χ4v) is 2.60. The Hall–Kier alpha value is -1.34. The molecule has 0 saturated carbocycles. The highest BCUT2D eigenvalue weighted by Gasteiger charge is 2.07. The highest BCUT2D eigenvalue weighted by molar-refractivity contribution is 9.10. The Kier molecular flexibility index (Phi) is 6.22. The van der Waals surface area contributed by atoms with Crippen molar-refractivity contribution in [2.24, 2.45) is 0 Å². The monoisotopic (exact) mass is 362 g/mol. The fraction of sp³-hybridized carbons (Fsp3) is 0.308. The summed E-state index contributed by atoms with van der Waals surface area (Å²) in [6, 6.07) is 5.25. The van der Waals surface area contributed by atoms with Crippen LogP contribution >= 0.6 is 15.9 Å². The number of rotatable bonds is 7. The van der Waals surface area contributed by atoms with E-state index in [1.165, 1.54) is 12.3 Å². The standard InChI is InChI=1S/C13H15BrO5S/c1-20(17,18)9-3-8-19-13-10(6-7-12(15)16)4-2-5-11(13)14/h2,4-7H,3,8-9H2,1H3,(H,15,16). The van der Waals surface area contributed by atoms with E-state index < -0.39 is 15.8 Å². The van der Waals surface area contributed by atoms with Gasteiger partial charge in [0.05, 0.1) is 16.8 Å². The number of carboxylic acid groups (broad SMARTS) is 1. The molecule has 0 radical (unpaired) electrons. The summed E-state index contributed by atoms with van der Waals surface area (Å²) in [5.41, 5.74) is 0.612. The zero-order valence-corrected chi connectivity index (χ0v) is 13.3. The summed E-state index contributed by atoms with van der Waals surface area (Å²) in [5.74, 6) is -0.496. The van der Waals surface area contributed by atoms with Gasteiger partial charge in [-0.2, -0.15) is 0 Å². The number of hydrogen-bond acceptors (Lipinski definition) is 4. The SMILES string of the molecule is CS(=O)(=O)CCCOc1c(Br)cccc1C=CC(=O)O. The first-order chi connectivity index (χ1) is 9.29. The third-order valence-corrected chi connectivity index (χ3v) is 3.96. The van der Waals surface area contributed by atoms with Crippen LogP contribution in [0, 0.1) is 0 Å². The molecule has 1 rings (SSSR count). The molecule has 0 saturated heterocycles. The van der Waals surface area contributed by atoms with E-state index in [4.69, 9.17) is 9.84 Å². The van der Waals surface area contributed by atoms with Crippen molar-refractivity contribution in [3.05, 3.63) is 34.3 Å². The second-order valence-electron chi connectivity index (χ2n) is 4.16. The van der Waals surface area contributed by atoms with Crippen LogP contribution in [-0.2, 0) is 14.6 Å². The lowest BCUT2D eigenvalue weighted by atomic mass is 10.2.